The SMILES string of the molecule is O=c1occ(O)n1CCCN1CCc2ccccc21. The van der Waals surface area contributed by atoms with Gasteiger partial charge >= 0.3 is 5.76 Å². The minimum atomic E-state index is -0.501. The molecule has 0 bridgehead atoms. The summed E-state index contributed by atoms with van der Waals surface area (Å²) in [6.07, 6.45) is 2.95. The Labute approximate surface area is 110 Å². The maximum Gasteiger partial charge on any atom is 0.421 e. The van der Waals surface area contributed by atoms with Crippen LogP contribution in [0.4, 0.5) is 5.69 Å². The minimum Gasteiger partial charge on any atom is -0.492 e. The van der Waals surface area contributed by atoms with Gasteiger partial charge in [0.15, 0.2) is 6.26 Å². The quantitative estimate of drug-likeness (QED) is 0.907. The molecule has 1 aliphatic rings. The fourth-order valence-electron chi connectivity index (χ4n) is 2.59. The van der Waals surface area contributed by atoms with E-state index in [2.05, 4.69) is 27.5 Å². The standard InChI is InChI=1S/C14H16N2O3/c17-13-10-19-14(18)16(13)8-3-7-15-9-6-11-4-1-2-5-12(11)15/h1-2,4-5,10,17H,3,6-9H2. The molecule has 1 N–H and O–H groups in total. The average Bonchev–Trinajstić information content (AvgIpc) is 2.97. The molecular formula is C14H16N2O3. The first-order valence-corrected chi connectivity index (χ1v) is 6.46. The maximum atomic E-state index is 11.3. The van der Waals surface area contributed by atoms with Crippen molar-refractivity contribution in [3.63, 3.8) is 0 Å². The van der Waals surface area contributed by atoms with Gasteiger partial charge in [0.2, 0.25) is 5.88 Å². The molecular weight excluding hydrogens is 244 g/mol. The van der Waals surface area contributed by atoms with E-state index >= 15 is 0 Å². The third kappa shape index (κ3) is 2.23. The number of hydrogen-bond acceptors (Lipinski definition) is 4. The van der Waals surface area contributed by atoms with Gasteiger partial charge in [0.25, 0.3) is 0 Å². The van der Waals surface area contributed by atoms with Crippen LogP contribution >= 0.6 is 0 Å². The lowest BCUT2D eigenvalue weighted by Gasteiger charge is -2.19. The van der Waals surface area contributed by atoms with Gasteiger partial charge in [-0.2, -0.15) is 0 Å². The topological polar surface area (TPSA) is 58.6 Å². The molecule has 3 rings (SSSR count). The van der Waals surface area contributed by atoms with Crippen molar-refractivity contribution in [2.75, 3.05) is 18.0 Å². The van der Waals surface area contributed by atoms with Crippen LogP contribution in [-0.2, 0) is 13.0 Å². The molecule has 0 atom stereocenters. The van der Waals surface area contributed by atoms with Gasteiger partial charge in [0.05, 0.1) is 0 Å². The van der Waals surface area contributed by atoms with Crippen LogP contribution < -0.4 is 10.7 Å². The zero-order valence-electron chi connectivity index (χ0n) is 10.6. The monoisotopic (exact) mass is 260 g/mol. The van der Waals surface area contributed by atoms with Crippen molar-refractivity contribution in [1.82, 2.24) is 4.57 Å². The Bertz CT molecular complexity index is 630. The first-order chi connectivity index (χ1) is 9.25. The maximum absolute atomic E-state index is 11.3. The Balaban J connectivity index is 1.61. The highest BCUT2D eigenvalue weighted by Gasteiger charge is 2.17. The van der Waals surface area contributed by atoms with Crippen molar-refractivity contribution >= 4 is 5.69 Å². The summed E-state index contributed by atoms with van der Waals surface area (Å²) in [7, 11) is 0. The summed E-state index contributed by atoms with van der Waals surface area (Å²) < 4.78 is 5.87. The molecule has 1 aliphatic heterocycles. The fraction of sp³-hybridized carbons (Fsp3) is 0.357. The largest absolute Gasteiger partial charge is 0.492 e. The second kappa shape index (κ2) is 4.84. The van der Waals surface area contributed by atoms with E-state index in [4.69, 9.17) is 0 Å². The summed E-state index contributed by atoms with van der Waals surface area (Å²) in [6, 6.07) is 8.39. The van der Waals surface area contributed by atoms with Gasteiger partial charge in [-0.25, -0.2) is 9.36 Å². The van der Waals surface area contributed by atoms with Gasteiger partial charge in [-0.1, -0.05) is 18.2 Å². The van der Waals surface area contributed by atoms with Crippen molar-refractivity contribution < 1.29 is 9.52 Å². The van der Waals surface area contributed by atoms with E-state index < -0.39 is 5.76 Å². The van der Waals surface area contributed by atoms with E-state index in [1.807, 2.05) is 6.07 Å². The van der Waals surface area contributed by atoms with E-state index in [0.717, 1.165) is 32.2 Å². The number of anilines is 1. The molecule has 0 radical (unpaired) electrons. The van der Waals surface area contributed by atoms with Crippen molar-refractivity contribution in [3.05, 3.63) is 46.6 Å². The minimum absolute atomic E-state index is 0.105. The van der Waals surface area contributed by atoms with Gasteiger partial charge in [-0.05, 0) is 24.5 Å². The van der Waals surface area contributed by atoms with Crippen molar-refractivity contribution in [3.8, 4) is 5.88 Å². The van der Waals surface area contributed by atoms with Crippen LogP contribution in [-0.4, -0.2) is 22.8 Å². The highest BCUT2D eigenvalue weighted by molar-refractivity contribution is 5.57. The van der Waals surface area contributed by atoms with Gasteiger partial charge in [0.1, 0.15) is 0 Å². The number of fused-ring (bicyclic) bond motifs is 1. The number of rotatable bonds is 4. The van der Waals surface area contributed by atoms with Crippen LogP contribution in [0.2, 0.25) is 0 Å². The smallest absolute Gasteiger partial charge is 0.421 e. The van der Waals surface area contributed by atoms with Crippen molar-refractivity contribution in [2.24, 2.45) is 0 Å². The van der Waals surface area contributed by atoms with Crippen LogP contribution in [0.25, 0.3) is 0 Å². The summed E-state index contributed by atoms with van der Waals surface area (Å²) >= 11 is 0. The average molecular weight is 260 g/mol. The molecule has 0 saturated heterocycles. The summed E-state index contributed by atoms with van der Waals surface area (Å²) in [4.78, 5) is 13.6. The predicted molar refractivity (Wildman–Crippen MR) is 71.6 cm³/mol. The van der Waals surface area contributed by atoms with Crippen molar-refractivity contribution in [1.29, 1.82) is 0 Å². The van der Waals surface area contributed by atoms with Gasteiger partial charge < -0.3 is 14.4 Å². The zero-order chi connectivity index (χ0) is 13.2. The molecule has 0 amide bonds. The van der Waals surface area contributed by atoms with Crippen LogP contribution in [0.1, 0.15) is 12.0 Å². The van der Waals surface area contributed by atoms with Gasteiger partial charge in [-0.3, -0.25) is 0 Å². The molecule has 100 valence electrons. The molecule has 0 aliphatic carbocycles. The Hall–Kier alpha value is -2.17. The molecule has 2 aromatic rings. The second-order valence-electron chi connectivity index (χ2n) is 4.73. The third-order valence-electron chi connectivity index (χ3n) is 3.56. The zero-order valence-corrected chi connectivity index (χ0v) is 10.6. The lowest BCUT2D eigenvalue weighted by atomic mass is 10.2. The van der Waals surface area contributed by atoms with E-state index in [1.54, 1.807) is 0 Å². The lowest BCUT2D eigenvalue weighted by molar-refractivity contribution is 0.408. The Morgan fingerprint density at radius 3 is 2.89 bits per heavy atom. The number of oxazole rings is 1. The third-order valence-corrected chi connectivity index (χ3v) is 3.56. The van der Waals surface area contributed by atoms with Crippen LogP contribution in [0, 0.1) is 0 Å². The molecule has 1 aromatic heterocycles. The van der Waals surface area contributed by atoms with Crippen LogP contribution in [0.15, 0.2) is 39.7 Å². The van der Waals surface area contributed by atoms with E-state index in [1.165, 1.54) is 15.8 Å². The number of nitrogens with zero attached hydrogens (tertiary/aromatic N) is 2. The molecule has 0 saturated carbocycles. The number of hydrogen-bond donors (Lipinski definition) is 1. The van der Waals surface area contributed by atoms with E-state index in [-0.39, 0.29) is 5.88 Å². The van der Waals surface area contributed by atoms with E-state index in [9.17, 15) is 9.90 Å². The van der Waals surface area contributed by atoms with E-state index in [0.29, 0.717) is 6.54 Å². The first-order valence-electron chi connectivity index (χ1n) is 6.46. The number of aromatic hydroxyl groups is 1. The Morgan fingerprint density at radius 1 is 1.26 bits per heavy atom. The first kappa shape index (κ1) is 11.9. The Morgan fingerprint density at radius 2 is 2.11 bits per heavy atom. The fourth-order valence-corrected chi connectivity index (χ4v) is 2.59. The highest BCUT2D eigenvalue weighted by atomic mass is 16.4. The summed E-state index contributed by atoms with van der Waals surface area (Å²) in [6.45, 7) is 2.36. The summed E-state index contributed by atoms with van der Waals surface area (Å²) in [5.74, 6) is -0.605. The summed E-state index contributed by atoms with van der Waals surface area (Å²) in [5.41, 5.74) is 2.66. The molecule has 0 fully saturated rings. The number of aromatic nitrogens is 1. The lowest BCUT2D eigenvalue weighted by Crippen LogP contribution is -2.24. The van der Waals surface area contributed by atoms with Crippen molar-refractivity contribution in [2.45, 2.75) is 19.4 Å². The number of para-hydroxylation sites is 1. The van der Waals surface area contributed by atoms with Gasteiger partial charge in [0, 0.05) is 25.3 Å². The second-order valence-corrected chi connectivity index (χ2v) is 4.73. The highest BCUT2D eigenvalue weighted by Crippen LogP contribution is 2.27. The molecule has 5 nitrogen and oxygen atoms in total. The number of benzene rings is 1. The molecule has 0 unspecified atom stereocenters. The molecule has 0 spiro atoms. The molecule has 1 aromatic carbocycles. The molecule has 5 heteroatoms. The van der Waals surface area contributed by atoms with Crippen LogP contribution in [0.3, 0.4) is 0 Å². The van der Waals surface area contributed by atoms with Gasteiger partial charge in [-0.15, -0.1) is 0 Å². The van der Waals surface area contributed by atoms with Crippen LogP contribution in [0.5, 0.6) is 5.88 Å². The summed E-state index contributed by atoms with van der Waals surface area (Å²) in [5, 5.41) is 9.44. The molecule has 2 heterocycles. The molecule has 19 heavy (non-hydrogen) atoms. The predicted octanol–water partition coefficient (Wildman–Crippen LogP) is 1.60. The Kier molecular flexibility index (Phi) is 3.03. The normalized spacial score (nSPS) is 13.8.